The lowest BCUT2D eigenvalue weighted by atomic mass is 10.1. The van der Waals surface area contributed by atoms with Gasteiger partial charge in [0.25, 0.3) is 5.69 Å². The molecule has 1 N–H and O–H groups in total. The van der Waals surface area contributed by atoms with Gasteiger partial charge in [0.2, 0.25) is 0 Å². The summed E-state index contributed by atoms with van der Waals surface area (Å²) in [6.45, 7) is 0. The first-order valence-corrected chi connectivity index (χ1v) is 6.63. The summed E-state index contributed by atoms with van der Waals surface area (Å²) < 4.78 is 5.08. The van der Waals surface area contributed by atoms with E-state index in [2.05, 4.69) is 5.32 Å². The molecule has 7 nitrogen and oxygen atoms in total. The smallest absolute Gasteiger partial charge is 0.349 e. The molecule has 3 rings (SSSR count). The van der Waals surface area contributed by atoms with Crippen LogP contribution in [-0.4, -0.2) is 11.2 Å². The highest BCUT2D eigenvalue weighted by molar-refractivity contribution is 6.00. The summed E-state index contributed by atoms with van der Waals surface area (Å²) in [4.78, 5) is 33.8. The molecule has 0 fully saturated rings. The number of nitrogens with zero attached hydrogens (tertiary/aromatic N) is 1. The first-order chi connectivity index (χ1) is 11.1. The summed E-state index contributed by atoms with van der Waals surface area (Å²) in [7, 11) is 0. The van der Waals surface area contributed by atoms with E-state index in [0.717, 1.165) is 0 Å². The van der Waals surface area contributed by atoms with Gasteiger partial charge in [0, 0.05) is 11.5 Å². The van der Waals surface area contributed by atoms with E-state index in [-0.39, 0.29) is 28.2 Å². The Balaban J connectivity index is 2.26. The summed E-state index contributed by atoms with van der Waals surface area (Å²) in [5.74, 6) is 0. The number of carbonyl (C=O) groups excluding carboxylic acids is 1. The molecule has 2 aromatic carbocycles. The molecular formula is C16H10N2O5. The van der Waals surface area contributed by atoms with Gasteiger partial charge in [-0.05, 0) is 18.2 Å². The topological polar surface area (TPSA) is 102 Å². The number of para-hydroxylation sites is 3. The van der Waals surface area contributed by atoms with Gasteiger partial charge in [-0.3, -0.25) is 14.9 Å². The zero-order valence-corrected chi connectivity index (χ0v) is 11.7. The van der Waals surface area contributed by atoms with Crippen molar-refractivity contribution in [1.29, 1.82) is 0 Å². The molecule has 0 saturated carbocycles. The quantitative estimate of drug-likeness (QED) is 0.343. The summed E-state index contributed by atoms with van der Waals surface area (Å²) in [6.07, 6.45) is 0.370. The molecule has 7 heteroatoms. The van der Waals surface area contributed by atoms with Crippen LogP contribution >= 0.6 is 0 Å². The van der Waals surface area contributed by atoms with Crippen LogP contribution in [0.15, 0.2) is 57.7 Å². The Morgan fingerprint density at radius 1 is 1.09 bits per heavy atom. The van der Waals surface area contributed by atoms with Crippen LogP contribution in [0.1, 0.15) is 10.4 Å². The predicted octanol–water partition coefficient (Wildman–Crippen LogP) is 3.26. The third-order valence-corrected chi connectivity index (χ3v) is 3.33. The molecule has 114 valence electrons. The van der Waals surface area contributed by atoms with E-state index >= 15 is 0 Å². The number of aldehydes is 1. The molecule has 0 aliphatic carbocycles. The highest BCUT2D eigenvalue weighted by atomic mass is 16.6. The third kappa shape index (κ3) is 2.55. The van der Waals surface area contributed by atoms with Gasteiger partial charge < -0.3 is 9.73 Å². The van der Waals surface area contributed by atoms with Crippen LogP contribution in [0.5, 0.6) is 0 Å². The largest absolute Gasteiger partial charge is 0.422 e. The van der Waals surface area contributed by atoms with Gasteiger partial charge in [0.15, 0.2) is 6.29 Å². The Morgan fingerprint density at radius 3 is 2.52 bits per heavy atom. The van der Waals surface area contributed by atoms with Gasteiger partial charge in [0.1, 0.15) is 16.8 Å². The second-order valence-electron chi connectivity index (χ2n) is 4.69. The number of hydrogen-bond acceptors (Lipinski definition) is 6. The number of rotatable bonds is 4. The summed E-state index contributed by atoms with van der Waals surface area (Å²) in [5, 5.41) is 14.4. The molecule has 0 saturated heterocycles. The molecule has 0 bridgehead atoms. The van der Waals surface area contributed by atoms with Crippen LogP contribution in [0.25, 0.3) is 11.0 Å². The predicted molar refractivity (Wildman–Crippen MR) is 84.3 cm³/mol. The highest BCUT2D eigenvalue weighted by Crippen LogP contribution is 2.31. The molecule has 0 atom stereocenters. The lowest BCUT2D eigenvalue weighted by Crippen LogP contribution is -2.11. The van der Waals surface area contributed by atoms with Crippen LogP contribution < -0.4 is 10.9 Å². The van der Waals surface area contributed by atoms with E-state index in [1.807, 2.05) is 0 Å². The minimum absolute atomic E-state index is 0.165. The number of nitro benzene ring substituents is 1. The van der Waals surface area contributed by atoms with E-state index in [9.17, 15) is 19.7 Å². The first kappa shape index (κ1) is 14.5. The van der Waals surface area contributed by atoms with Crippen molar-refractivity contribution < 1.29 is 14.1 Å². The maximum atomic E-state index is 11.9. The lowest BCUT2D eigenvalue weighted by molar-refractivity contribution is -0.383. The van der Waals surface area contributed by atoms with Crippen molar-refractivity contribution in [3.05, 3.63) is 74.6 Å². The monoisotopic (exact) mass is 310 g/mol. The number of nitrogens with one attached hydrogen (secondary N) is 1. The van der Waals surface area contributed by atoms with Crippen molar-refractivity contribution in [2.45, 2.75) is 0 Å². The van der Waals surface area contributed by atoms with Crippen molar-refractivity contribution >= 4 is 34.3 Å². The molecule has 0 amide bonds. The number of fused-ring (bicyclic) bond motifs is 1. The SMILES string of the molecule is O=Cc1c(Nc2ccccc2[N+](=O)[O-])c2ccccc2oc1=O. The Morgan fingerprint density at radius 2 is 1.78 bits per heavy atom. The van der Waals surface area contributed by atoms with Gasteiger partial charge in [0.05, 0.1) is 10.6 Å². The molecule has 0 spiro atoms. The van der Waals surface area contributed by atoms with Crippen LogP contribution in [-0.2, 0) is 0 Å². The Kier molecular flexibility index (Phi) is 3.60. The number of hydrogen-bond donors (Lipinski definition) is 1. The van der Waals surface area contributed by atoms with Crippen molar-refractivity contribution in [3.63, 3.8) is 0 Å². The zero-order valence-electron chi connectivity index (χ0n) is 11.7. The minimum Gasteiger partial charge on any atom is -0.422 e. The van der Waals surface area contributed by atoms with Crippen LogP contribution in [0.3, 0.4) is 0 Å². The van der Waals surface area contributed by atoms with E-state index in [1.165, 1.54) is 18.2 Å². The fourth-order valence-corrected chi connectivity index (χ4v) is 2.28. The average molecular weight is 310 g/mol. The second-order valence-corrected chi connectivity index (χ2v) is 4.69. The maximum absolute atomic E-state index is 11.9. The number of carbonyl (C=O) groups is 1. The van der Waals surface area contributed by atoms with Gasteiger partial charge in [-0.1, -0.05) is 24.3 Å². The zero-order chi connectivity index (χ0) is 16.4. The average Bonchev–Trinajstić information content (AvgIpc) is 2.55. The molecular weight excluding hydrogens is 300 g/mol. The normalized spacial score (nSPS) is 10.4. The Bertz CT molecular complexity index is 978. The van der Waals surface area contributed by atoms with Crippen molar-refractivity contribution in [3.8, 4) is 0 Å². The number of anilines is 2. The molecule has 0 aliphatic heterocycles. The van der Waals surface area contributed by atoms with Gasteiger partial charge in [-0.25, -0.2) is 4.79 Å². The van der Waals surface area contributed by atoms with Crippen molar-refractivity contribution in [2.24, 2.45) is 0 Å². The Hall–Kier alpha value is -3.48. The molecule has 23 heavy (non-hydrogen) atoms. The molecule has 1 aromatic heterocycles. The summed E-state index contributed by atoms with van der Waals surface area (Å²) >= 11 is 0. The summed E-state index contributed by atoms with van der Waals surface area (Å²) in [6, 6.07) is 12.6. The van der Waals surface area contributed by atoms with Crippen molar-refractivity contribution in [1.82, 2.24) is 0 Å². The number of nitro groups is 1. The molecule has 0 unspecified atom stereocenters. The highest BCUT2D eigenvalue weighted by Gasteiger charge is 2.18. The fourth-order valence-electron chi connectivity index (χ4n) is 2.28. The molecule has 0 radical (unpaired) electrons. The van der Waals surface area contributed by atoms with Gasteiger partial charge in [-0.2, -0.15) is 0 Å². The third-order valence-electron chi connectivity index (χ3n) is 3.33. The maximum Gasteiger partial charge on any atom is 0.349 e. The van der Waals surface area contributed by atoms with Gasteiger partial charge >= 0.3 is 5.63 Å². The van der Waals surface area contributed by atoms with E-state index in [0.29, 0.717) is 11.7 Å². The van der Waals surface area contributed by atoms with E-state index in [4.69, 9.17) is 4.42 Å². The second kappa shape index (κ2) is 5.72. The Labute approximate surface area is 129 Å². The lowest BCUT2D eigenvalue weighted by Gasteiger charge is -2.11. The minimum atomic E-state index is -0.806. The van der Waals surface area contributed by atoms with Gasteiger partial charge in [-0.15, -0.1) is 0 Å². The van der Waals surface area contributed by atoms with E-state index in [1.54, 1.807) is 30.3 Å². The number of benzene rings is 2. The summed E-state index contributed by atoms with van der Waals surface area (Å²) in [5.41, 5.74) is -0.551. The fraction of sp³-hybridized carbons (Fsp3) is 0. The molecule has 0 aliphatic rings. The van der Waals surface area contributed by atoms with Crippen LogP contribution in [0.4, 0.5) is 17.1 Å². The van der Waals surface area contributed by atoms with Crippen LogP contribution in [0, 0.1) is 10.1 Å². The standard InChI is InChI=1S/C16H10N2O5/c19-9-11-15(10-5-1-4-8-14(10)23-16(11)20)17-12-6-2-3-7-13(12)18(21)22/h1-9,17H. The van der Waals surface area contributed by atoms with Crippen LogP contribution in [0.2, 0.25) is 0 Å². The molecule has 3 aromatic rings. The van der Waals surface area contributed by atoms with Crippen molar-refractivity contribution in [2.75, 3.05) is 5.32 Å². The van der Waals surface area contributed by atoms with E-state index < -0.39 is 10.5 Å². The first-order valence-electron chi connectivity index (χ1n) is 6.63. The molecule has 1 heterocycles.